The summed E-state index contributed by atoms with van der Waals surface area (Å²) in [7, 11) is 3.34. The quantitative estimate of drug-likeness (QED) is 0.500. The van der Waals surface area contributed by atoms with E-state index in [0.717, 1.165) is 30.9 Å². The van der Waals surface area contributed by atoms with Gasteiger partial charge in [0.1, 0.15) is 0 Å². The highest BCUT2D eigenvalue weighted by molar-refractivity contribution is 5.43. The van der Waals surface area contributed by atoms with Crippen LogP contribution < -0.4 is 14.8 Å². The fraction of sp³-hybridized carbons (Fsp3) is 0.308. The van der Waals surface area contributed by atoms with Gasteiger partial charge in [0.15, 0.2) is 11.5 Å². The maximum absolute atomic E-state index is 5.41. The third-order valence-corrected chi connectivity index (χ3v) is 5.35. The van der Waals surface area contributed by atoms with Crippen molar-refractivity contribution in [3.63, 3.8) is 0 Å². The summed E-state index contributed by atoms with van der Waals surface area (Å²) < 4.78 is 10.7. The molecule has 0 fully saturated rings. The van der Waals surface area contributed by atoms with Crippen molar-refractivity contribution in [3.8, 4) is 11.5 Å². The first-order valence-electron chi connectivity index (χ1n) is 10.3. The smallest absolute Gasteiger partial charge is 0.160 e. The molecule has 3 heteroatoms. The van der Waals surface area contributed by atoms with Gasteiger partial charge in [-0.25, -0.2) is 0 Å². The fourth-order valence-electron chi connectivity index (χ4n) is 3.77. The second-order valence-corrected chi connectivity index (χ2v) is 7.40. The van der Waals surface area contributed by atoms with Crippen molar-refractivity contribution in [1.82, 2.24) is 5.32 Å². The van der Waals surface area contributed by atoms with Crippen LogP contribution in [0.5, 0.6) is 11.5 Å². The molecule has 0 aliphatic carbocycles. The molecule has 3 nitrogen and oxygen atoms in total. The van der Waals surface area contributed by atoms with Crippen molar-refractivity contribution < 1.29 is 9.47 Å². The van der Waals surface area contributed by atoms with Gasteiger partial charge in [0, 0.05) is 12.0 Å². The van der Waals surface area contributed by atoms with E-state index in [1.54, 1.807) is 14.2 Å². The highest BCUT2D eigenvalue weighted by Gasteiger charge is 2.17. The van der Waals surface area contributed by atoms with Crippen molar-refractivity contribution in [1.29, 1.82) is 0 Å². The standard InChI is InChI=1S/C26H31NO2/c1-20(27-17-16-21-14-15-25(28-2)26(19-21)29-3)18-24(22-10-6-4-7-11-22)23-12-8-5-9-13-23/h4-15,19-20,24,27H,16-18H2,1-3H3. The number of rotatable bonds is 10. The maximum atomic E-state index is 5.41. The highest BCUT2D eigenvalue weighted by atomic mass is 16.5. The molecule has 3 aromatic carbocycles. The fourth-order valence-corrected chi connectivity index (χ4v) is 3.77. The molecule has 0 aliphatic heterocycles. The molecule has 0 amide bonds. The van der Waals surface area contributed by atoms with Crippen LogP contribution in [0.2, 0.25) is 0 Å². The van der Waals surface area contributed by atoms with Gasteiger partial charge in [-0.15, -0.1) is 0 Å². The second-order valence-electron chi connectivity index (χ2n) is 7.40. The van der Waals surface area contributed by atoms with Crippen molar-refractivity contribution in [3.05, 3.63) is 95.6 Å². The Morgan fingerprint density at radius 3 is 1.90 bits per heavy atom. The molecule has 3 rings (SSSR count). The van der Waals surface area contributed by atoms with Crippen LogP contribution in [0, 0.1) is 0 Å². The Labute approximate surface area is 174 Å². The molecule has 152 valence electrons. The van der Waals surface area contributed by atoms with Crippen LogP contribution in [0.1, 0.15) is 36.0 Å². The van der Waals surface area contributed by atoms with Gasteiger partial charge in [0.05, 0.1) is 14.2 Å². The van der Waals surface area contributed by atoms with Crippen molar-refractivity contribution in [2.45, 2.75) is 31.7 Å². The molecular weight excluding hydrogens is 358 g/mol. The Bertz CT molecular complexity index is 825. The largest absolute Gasteiger partial charge is 0.493 e. The SMILES string of the molecule is COc1ccc(CCNC(C)CC(c2ccccc2)c2ccccc2)cc1OC. The summed E-state index contributed by atoms with van der Waals surface area (Å²) in [6, 6.07) is 28.1. The lowest BCUT2D eigenvalue weighted by Gasteiger charge is -2.23. The van der Waals surface area contributed by atoms with E-state index in [-0.39, 0.29) is 0 Å². The molecule has 1 N–H and O–H groups in total. The number of hydrogen-bond donors (Lipinski definition) is 1. The van der Waals surface area contributed by atoms with Crippen LogP contribution in [0.3, 0.4) is 0 Å². The maximum Gasteiger partial charge on any atom is 0.160 e. The zero-order valence-corrected chi connectivity index (χ0v) is 17.6. The van der Waals surface area contributed by atoms with Gasteiger partial charge >= 0.3 is 0 Å². The first-order chi connectivity index (χ1) is 14.2. The Morgan fingerprint density at radius 1 is 0.759 bits per heavy atom. The van der Waals surface area contributed by atoms with E-state index in [4.69, 9.17) is 9.47 Å². The van der Waals surface area contributed by atoms with E-state index in [1.165, 1.54) is 16.7 Å². The Hall–Kier alpha value is -2.78. The molecule has 3 aromatic rings. The lowest BCUT2D eigenvalue weighted by Crippen LogP contribution is -2.30. The third kappa shape index (κ3) is 5.85. The van der Waals surface area contributed by atoms with Crippen LogP contribution in [0.4, 0.5) is 0 Å². The van der Waals surface area contributed by atoms with Gasteiger partial charge in [-0.05, 0) is 55.1 Å². The number of benzene rings is 3. The summed E-state index contributed by atoms with van der Waals surface area (Å²) in [5, 5.41) is 3.70. The van der Waals surface area contributed by atoms with Gasteiger partial charge in [-0.2, -0.15) is 0 Å². The van der Waals surface area contributed by atoms with Crippen molar-refractivity contribution in [2.75, 3.05) is 20.8 Å². The van der Waals surface area contributed by atoms with Crippen LogP contribution in [0.25, 0.3) is 0 Å². The van der Waals surface area contributed by atoms with E-state index in [0.29, 0.717) is 12.0 Å². The Kier molecular flexibility index (Phi) is 7.71. The molecule has 0 saturated carbocycles. The summed E-state index contributed by atoms with van der Waals surface area (Å²) in [6.45, 7) is 3.19. The van der Waals surface area contributed by atoms with Crippen LogP contribution in [0.15, 0.2) is 78.9 Å². The summed E-state index contributed by atoms with van der Waals surface area (Å²) >= 11 is 0. The van der Waals surface area contributed by atoms with Crippen molar-refractivity contribution >= 4 is 0 Å². The van der Waals surface area contributed by atoms with Crippen LogP contribution >= 0.6 is 0 Å². The van der Waals surface area contributed by atoms with Crippen LogP contribution in [-0.4, -0.2) is 26.8 Å². The molecule has 29 heavy (non-hydrogen) atoms. The Balaban J connectivity index is 1.60. The minimum atomic E-state index is 0.390. The molecule has 0 aliphatic rings. The molecule has 0 spiro atoms. The number of methoxy groups -OCH3 is 2. The number of ether oxygens (including phenoxy) is 2. The predicted molar refractivity (Wildman–Crippen MR) is 120 cm³/mol. The van der Waals surface area contributed by atoms with E-state index >= 15 is 0 Å². The zero-order valence-electron chi connectivity index (χ0n) is 17.6. The first kappa shape index (κ1) is 20.9. The average Bonchev–Trinajstić information content (AvgIpc) is 2.78. The molecule has 0 heterocycles. The summed E-state index contributed by atoms with van der Waals surface area (Å²) in [5.41, 5.74) is 3.98. The van der Waals surface area contributed by atoms with Gasteiger partial charge in [-0.3, -0.25) is 0 Å². The summed E-state index contributed by atoms with van der Waals surface area (Å²) in [5.74, 6) is 1.94. The van der Waals surface area contributed by atoms with Gasteiger partial charge in [0.2, 0.25) is 0 Å². The Morgan fingerprint density at radius 2 is 1.34 bits per heavy atom. The molecule has 0 aromatic heterocycles. The van der Waals surface area contributed by atoms with Gasteiger partial charge in [0.25, 0.3) is 0 Å². The number of hydrogen-bond acceptors (Lipinski definition) is 3. The molecule has 1 unspecified atom stereocenters. The van der Waals surface area contributed by atoms with Crippen molar-refractivity contribution in [2.24, 2.45) is 0 Å². The predicted octanol–water partition coefficient (Wildman–Crippen LogP) is 5.45. The van der Waals surface area contributed by atoms with Gasteiger partial charge in [-0.1, -0.05) is 66.7 Å². The lowest BCUT2D eigenvalue weighted by atomic mass is 9.86. The third-order valence-electron chi connectivity index (χ3n) is 5.35. The molecule has 0 bridgehead atoms. The highest BCUT2D eigenvalue weighted by Crippen LogP contribution is 2.29. The molecule has 0 saturated heterocycles. The second kappa shape index (κ2) is 10.7. The molecular formula is C26H31NO2. The van der Waals surface area contributed by atoms with E-state index in [9.17, 15) is 0 Å². The average molecular weight is 390 g/mol. The first-order valence-corrected chi connectivity index (χ1v) is 10.3. The normalized spacial score (nSPS) is 12.0. The minimum absolute atomic E-state index is 0.390. The summed E-state index contributed by atoms with van der Waals surface area (Å²) in [4.78, 5) is 0. The lowest BCUT2D eigenvalue weighted by molar-refractivity contribution is 0.354. The van der Waals surface area contributed by atoms with Crippen LogP contribution in [-0.2, 0) is 6.42 Å². The van der Waals surface area contributed by atoms with E-state index in [1.807, 2.05) is 6.07 Å². The van der Waals surface area contributed by atoms with E-state index < -0.39 is 0 Å². The molecule has 1 atom stereocenters. The zero-order chi connectivity index (χ0) is 20.5. The monoisotopic (exact) mass is 389 g/mol. The number of nitrogens with one attached hydrogen (secondary N) is 1. The molecule has 0 radical (unpaired) electrons. The van der Waals surface area contributed by atoms with E-state index in [2.05, 4.69) is 85.0 Å². The minimum Gasteiger partial charge on any atom is -0.493 e. The summed E-state index contributed by atoms with van der Waals surface area (Å²) in [6.07, 6.45) is 2.01. The topological polar surface area (TPSA) is 30.5 Å². The van der Waals surface area contributed by atoms with Gasteiger partial charge < -0.3 is 14.8 Å².